The Morgan fingerprint density at radius 1 is 1.65 bits per heavy atom. The summed E-state index contributed by atoms with van der Waals surface area (Å²) in [5, 5.41) is 0. The van der Waals surface area contributed by atoms with E-state index in [1.165, 1.54) is 0 Å². The fourth-order valence-electron chi connectivity index (χ4n) is 2.50. The Balaban J connectivity index is 2.32. The van der Waals surface area contributed by atoms with Crippen LogP contribution in [0.5, 0.6) is 0 Å². The van der Waals surface area contributed by atoms with E-state index in [1.54, 1.807) is 19.2 Å². The van der Waals surface area contributed by atoms with Gasteiger partial charge in [-0.25, -0.2) is 9.78 Å². The molecule has 2 rings (SSSR count). The highest BCUT2D eigenvalue weighted by Crippen LogP contribution is 2.27. The van der Waals surface area contributed by atoms with E-state index in [0.717, 1.165) is 13.0 Å². The number of carbonyl (C=O) groups is 1. The van der Waals surface area contributed by atoms with Crippen LogP contribution >= 0.6 is 0 Å². The first-order valence-electron chi connectivity index (χ1n) is 6.81. The molecule has 6 heteroatoms. The van der Waals surface area contributed by atoms with Crippen molar-refractivity contribution in [3.8, 4) is 0 Å². The van der Waals surface area contributed by atoms with E-state index in [0.29, 0.717) is 23.7 Å². The van der Waals surface area contributed by atoms with Crippen LogP contribution in [-0.2, 0) is 9.47 Å². The minimum atomic E-state index is -0.402. The third-order valence-electron chi connectivity index (χ3n) is 3.55. The number of aromatic nitrogens is 1. The second kappa shape index (κ2) is 6.09. The summed E-state index contributed by atoms with van der Waals surface area (Å²) in [4.78, 5) is 18.3. The van der Waals surface area contributed by atoms with Crippen molar-refractivity contribution in [2.24, 2.45) is 0 Å². The molecule has 1 aromatic heterocycles. The van der Waals surface area contributed by atoms with E-state index < -0.39 is 5.97 Å². The molecular weight excluding hydrogens is 258 g/mol. The Morgan fingerprint density at radius 3 is 3.00 bits per heavy atom. The number of hydrogen-bond donors (Lipinski definition) is 1. The Morgan fingerprint density at radius 2 is 2.40 bits per heavy atom. The molecule has 2 N–H and O–H groups in total. The van der Waals surface area contributed by atoms with E-state index in [4.69, 9.17) is 15.2 Å². The number of nitrogens with zero attached hydrogens (tertiary/aromatic N) is 2. The predicted molar refractivity (Wildman–Crippen MR) is 76.8 cm³/mol. The van der Waals surface area contributed by atoms with Crippen LogP contribution < -0.4 is 10.6 Å². The standard InChI is InChI=1S/C14H21N3O3/c1-4-19-14(18)11-7-10(15)8-16-13(11)17(3)12-5-6-20-9(12)2/h7-9,12H,4-6,15H2,1-3H3. The van der Waals surface area contributed by atoms with Crippen LogP contribution in [0.2, 0.25) is 0 Å². The van der Waals surface area contributed by atoms with Crippen molar-refractivity contribution < 1.29 is 14.3 Å². The Labute approximate surface area is 118 Å². The number of nitrogens with two attached hydrogens (primary N) is 1. The number of hydrogen-bond acceptors (Lipinski definition) is 6. The minimum absolute atomic E-state index is 0.106. The summed E-state index contributed by atoms with van der Waals surface area (Å²) in [6.07, 6.45) is 2.57. The quantitative estimate of drug-likeness (QED) is 0.841. The van der Waals surface area contributed by atoms with Crippen LogP contribution in [0.1, 0.15) is 30.6 Å². The van der Waals surface area contributed by atoms with Gasteiger partial charge in [-0.15, -0.1) is 0 Å². The van der Waals surface area contributed by atoms with Gasteiger partial charge in [0.25, 0.3) is 0 Å². The number of pyridine rings is 1. The van der Waals surface area contributed by atoms with Crippen LogP contribution in [0.3, 0.4) is 0 Å². The number of carbonyl (C=O) groups excluding carboxylic acids is 1. The number of esters is 1. The third-order valence-corrected chi connectivity index (χ3v) is 3.55. The number of rotatable bonds is 4. The van der Waals surface area contributed by atoms with Crippen molar-refractivity contribution >= 4 is 17.5 Å². The average Bonchev–Trinajstić information content (AvgIpc) is 2.84. The van der Waals surface area contributed by atoms with Crippen LogP contribution in [0.25, 0.3) is 0 Å². The number of nitrogen functional groups attached to an aromatic ring is 1. The van der Waals surface area contributed by atoms with Crippen LogP contribution in [0.15, 0.2) is 12.3 Å². The van der Waals surface area contributed by atoms with Crippen molar-refractivity contribution in [3.63, 3.8) is 0 Å². The third kappa shape index (κ3) is 2.85. The molecule has 6 nitrogen and oxygen atoms in total. The molecule has 1 saturated heterocycles. The SMILES string of the molecule is CCOC(=O)c1cc(N)cnc1N(C)C1CCOC1C. The lowest BCUT2D eigenvalue weighted by molar-refractivity contribution is 0.0526. The number of ether oxygens (including phenoxy) is 2. The van der Waals surface area contributed by atoms with Crippen molar-refractivity contribution in [1.29, 1.82) is 0 Å². The summed E-state index contributed by atoms with van der Waals surface area (Å²) < 4.78 is 10.6. The van der Waals surface area contributed by atoms with E-state index in [2.05, 4.69) is 4.98 Å². The zero-order valence-corrected chi connectivity index (χ0v) is 12.1. The molecule has 1 aromatic rings. The second-order valence-corrected chi connectivity index (χ2v) is 4.90. The predicted octanol–water partition coefficient (Wildman–Crippen LogP) is 1.45. The van der Waals surface area contributed by atoms with E-state index >= 15 is 0 Å². The van der Waals surface area contributed by atoms with Crippen molar-refractivity contribution in [2.75, 3.05) is 30.9 Å². The summed E-state index contributed by atoms with van der Waals surface area (Å²) in [7, 11) is 1.91. The van der Waals surface area contributed by atoms with Gasteiger partial charge in [-0.2, -0.15) is 0 Å². The Kier molecular flexibility index (Phi) is 4.44. The van der Waals surface area contributed by atoms with Gasteiger partial charge in [-0.1, -0.05) is 0 Å². The maximum absolute atomic E-state index is 12.0. The molecule has 20 heavy (non-hydrogen) atoms. The van der Waals surface area contributed by atoms with E-state index in [-0.39, 0.29) is 12.1 Å². The Hall–Kier alpha value is -1.82. The highest BCUT2D eigenvalue weighted by atomic mass is 16.5. The molecular formula is C14H21N3O3. The van der Waals surface area contributed by atoms with Gasteiger partial charge < -0.3 is 20.1 Å². The summed E-state index contributed by atoms with van der Waals surface area (Å²) in [5.74, 6) is 0.181. The maximum Gasteiger partial charge on any atom is 0.341 e. The Bertz CT molecular complexity index is 493. The summed E-state index contributed by atoms with van der Waals surface area (Å²) in [6, 6.07) is 1.80. The lowest BCUT2D eigenvalue weighted by Crippen LogP contribution is -2.38. The van der Waals surface area contributed by atoms with Crippen molar-refractivity contribution in [2.45, 2.75) is 32.4 Å². The van der Waals surface area contributed by atoms with Gasteiger partial charge in [0.1, 0.15) is 11.4 Å². The molecule has 2 unspecified atom stereocenters. The second-order valence-electron chi connectivity index (χ2n) is 4.90. The van der Waals surface area contributed by atoms with Gasteiger partial charge in [0, 0.05) is 13.7 Å². The summed E-state index contributed by atoms with van der Waals surface area (Å²) in [5.41, 5.74) is 6.57. The maximum atomic E-state index is 12.0. The summed E-state index contributed by atoms with van der Waals surface area (Å²) >= 11 is 0. The largest absolute Gasteiger partial charge is 0.462 e. The van der Waals surface area contributed by atoms with Gasteiger partial charge >= 0.3 is 5.97 Å². The molecule has 0 amide bonds. The zero-order chi connectivity index (χ0) is 14.7. The molecule has 0 saturated carbocycles. The van der Waals surface area contributed by atoms with E-state index in [9.17, 15) is 4.79 Å². The van der Waals surface area contributed by atoms with Crippen molar-refractivity contribution in [1.82, 2.24) is 4.98 Å². The van der Waals surface area contributed by atoms with Crippen molar-refractivity contribution in [3.05, 3.63) is 17.8 Å². The lowest BCUT2D eigenvalue weighted by Gasteiger charge is -2.29. The first kappa shape index (κ1) is 14.6. The normalized spacial score (nSPS) is 21.8. The molecule has 0 bridgehead atoms. The van der Waals surface area contributed by atoms with Crippen LogP contribution in [-0.4, -0.2) is 43.4 Å². The highest BCUT2D eigenvalue weighted by Gasteiger charge is 2.31. The molecule has 110 valence electrons. The molecule has 2 heterocycles. The fraction of sp³-hybridized carbons (Fsp3) is 0.571. The van der Waals surface area contributed by atoms with Crippen LogP contribution in [0.4, 0.5) is 11.5 Å². The van der Waals surface area contributed by atoms with E-state index in [1.807, 2.05) is 18.9 Å². The first-order chi connectivity index (χ1) is 9.54. The molecule has 2 atom stereocenters. The zero-order valence-electron chi connectivity index (χ0n) is 12.1. The first-order valence-corrected chi connectivity index (χ1v) is 6.81. The average molecular weight is 279 g/mol. The van der Waals surface area contributed by atoms with Crippen LogP contribution in [0, 0.1) is 0 Å². The lowest BCUT2D eigenvalue weighted by atomic mass is 10.1. The fourth-order valence-corrected chi connectivity index (χ4v) is 2.50. The topological polar surface area (TPSA) is 77.7 Å². The molecule has 0 aromatic carbocycles. The molecule has 1 fully saturated rings. The summed E-state index contributed by atoms with van der Waals surface area (Å²) in [6.45, 7) is 4.84. The van der Waals surface area contributed by atoms with Gasteiger partial charge in [0.2, 0.25) is 0 Å². The number of likely N-dealkylation sites (N-methyl/N-ethyl adjacent to an activating group) is 1. The number of anilines is 2. The molecule has 1 aliphatic heterocycles. The van der Waals surface area contributed by atoms with Gasteiger partial charge in [0.15, 0.2) is 0 Å². The molecule has 0 aliphatic carbocycles. The molecule has 0 radical (unpaired) electrons. The van der Waals surface area contributed by atoms with Gasteiger partial charge in [-0.05, 0) is 26.3 Å². The monoisotopic (exact) mass is 279 g/mol. The van der Waals surface area contributed by atoms with Gasteiger partial charge in [-0.3, -0.25) is 0 Å². The highest BCUT2D eigenvalue weighted by molar-refractivity contribution is 5.95. The van der Waals surface area contributed by atoms with Gasteiger partial charge in [0.05, 0.1) is 30.6 Å². The molecule has 1 aliphatic rings. The molecule has 0 spiro atoms. The minimum Gasteiger partial charge on any atom is -0.462 e. The smallest absolute Gasteiger partial charge is 0.341 e.